The Hall–Kier alpha value is -4.75. The smallest absolute Gasteiger partial charge is 0.243 e. The zero-order chi connectivity index (χ0) is 29.3. The van der Waals surface area contributed by atoms with E-state index in [9.17, 15) is 22.0 Å². The molecule has 1 fully saturated rings. The predicted octanol–water partition coefficient (Wildman–Crippen LogP) is 4.82. The summed E-state index contributed by atoms with van der Waals surface area (Å²) in [6.07, 6.45) is 0.503. The van der Waals surface area contributed by atoms with Crippen LogP contribution in [0.1, 0.15) is 12.1 Å². The van der Waals surface area contributed by atoms with Gasteiger partial charge in [-0.1, -0.05) is 24.3 Å². The largest absolute Gasteiger partial charge is 0.326 e. The van der Waals surface area contributed by atoms with Gasteiger partial charge in [-0.25, -0.2) is 27.2 Å². The van der Waals surface area contributed by atoms with Gasteiger partial charge in [0, 0.05) is 35.9 Å². The summed E-state index contributed by atoms with van der Waals surface area (Å²) < 4.78 is 53.8. The second-order valence-electron chi connectivity index (χ2n) is 9.87. The van der Waals surface area contributed by atoms with Crippen LogP contribution in [0.15, 0.2) is 84.0 Å². The minimum atomic E-state index is -3.74. The number of sulfonamides is 1. The first-order valence-corrected chi connectivity index (χ1v) is 14.5. The van der Waals surface area contributed by atoms with Gasteiger partial charge in [0.25, 0.3) is 0 Å². The molecule has 0 spiro atoms. The van der Waals surface area contributed by atoms with Crippen LogP contribution in [0.5, 0.6) is 0 Å². The highest BCUT2D eigenvalue weighted by molar-refractivity contribution is 7.89. The van der Waals surface area contributed by atoms with Gasteiger partial charge < -0.3 is 10.6 Å². The second-order valence-corrected chi connectivity index (χ2v) is 11.8. The van der Waals surface area contributed by atoms with E-state index in [1.165, 1.54) is 41.0 Å². The highest BCUT2D eigenvalue weighted by atomic mass is 32.2. The molecule has 1 amide bonds. The number of alkyl halides is 1. The van der Waals surface area contributed by atoms with Gasteiger partial charge in [0.1, 0.15) is 24.1 Å². The minimum absolute atomic E-state index is 0.00751. The summed E-state index contributed by atoms with van der Waals surface area (Å²) in [6.45, 7) is 0.0633. The fourth-order valence-corrected chi connectivity index (χ4v) is 6.27. The number of nitrogens with one attached hydrogen (secondary N) is 3. The number of hydrogen-bond donors (Lipinski definition) is 3. The molecule has 13 heteroatoms. The lowest BCUT2D eigenvalue weighted by atomic mass is 10.0. The van der Waals surface area contributed by atoms with Crippen molar-refractivity contribution >= 4 is 44.2 Å². The van der Waals surface area contributed by atoms with Crippen LogP contribution in [0.2, 0.25) is 0 Å². The summed E-state index contributed by atoms with van der Waals surface area (Å²) >= 11 is 0. The van der Waals surface area contributed by atoms with Crippen molar-refractivity contribution in [2.75, 3.05) is 23.7 Å². The predicted molar refractivity (Wildman–Crippen MR) is 154 cm³/mol. The van der Waals surface area contributed by atoms with E-state index < -0.39 is 22.0 Å². The maximum Gasteiger partial charge on any atom is 0.243 e. The molecule has 0 aliphatic carbocycles. The van der Waals surface area contributed by atoms with E-state index in [0.717, 1.165) is 16.5 Å². The van der Waals surface area contributed by atoms with Crippen molar-refractivity contribution in [3.05, 3.63) is 90.6 Å². The first kappa shape index (κ1) is 27.4. The zero-order valence-electron chi connectivity index (χ0n) is 22.1. The number of hydrogen-bond acceptors (Lipinski definition) is 7. The number of aromatic nitrogens is 4. The van der Waals surface area contributed by atoms with Gasteiger partial charge in [-0.15, -0.1) is 0 Å². The van der Waals surface area contributed by atoms with Gasteiger partial charge in [0.15, 0.2) is 5.82 Å². The van der Waals surface area contributed by atoms with Crippen LogP contribution in [0.3, 0.4) is 0 Å². The molecule has 1 aliphatic rings. The number of amides is 1. The average molecular weight is 590 g/mol. The molecule has 1 atom stereocenters. The third-order valence-electron chi connectivity index (χ3n) is 6.89. The molecule has 214 valence electrons. The van der Waals surface area contributed by atoms with E-state index >= 15 is 0 Å². The lowest BCUT2D eigenvalue weighted by Gasteiger charge is -2.15. The SMILES string of the molecule is O=C(Cc1cc(Nc2ncnc3cc(-c4ccc(S(=O)(=O)N5CCC(F)C5)cc4)ccc23)n[nH]1)Nc1cccc(F)c1. The molecule has 1 saturated heterocycles. The third kappa shape index (κ3) is 5.83. The Labute approximate surface area is 239 Å². The maximum absolute atomic E-state index is 13.6. The van der Waals surface area contributed by atoms with Gasteiger partial charge in [-0.2, -0.15) is 9.40 Å². The Morgan fingerprint density at radius 3 is 2.60 bits per heavy atom. The van der Waals surface area contributed by atoms with Gasteiger partial charge in [-0.05, 0) is 60.0 Å². The van der Waals surface area contributed by atoms with Crippen LogP contribution in [0.4, 0.5) is 26.1 Å². The summed E-state index contributed by atoms with van der Waals surface area (Å²) in [7, 11) is -3.74. The molecule has 2 aromatic heterocycles. The number of halogens is 2. The number of nitrogens with zero attached hydrogens (tertiary/aromatic N) is 4. The van der Waals surface area contributed by atoms with Gasteiger partial charge in [0.05, 0.1) is 16.8 Å². The Bertz CT molecular complexity index is 1880. The Kier molecular flexibility index (Phi) is 7.35. The van der Waals surface area contributed by atoms with E-state index in [2.05, 4.69) is 30.8 Å². The molecule has 1 aliphatic heterocycles. The van der Waals surface area contributed by atoms with Crippen molar-refractivity contribution in [3.63, 3.8) is 0 Å². The van der Waals surface area contributed by atoms with Crippen LogP contribution in [0.25, 0.3) is 22.0 Å². The lowest BCUT2D eigenvalue weighted by molar-refractivity contribution is -0.115. The van der Waals surface area contributed by atoms with E-state index in [0.29, 0.717) is 28.5 Å². The van der Waals surface area contributed by atoms with Crippen molar-refractivity contribution in [1.29, 1.82) is 0 Å². The van der Waals surface area contributed by atoms with E-state index in [4.69, 9.17) is 0 Å². The van der Waals surface area contributed by atoms with Crippen LogP contribution in [-0.2, 0) is 21.2 Å². The van der Waals surface area contributed by atoms with Crippen molar-refractivity contribution < 1.29 is 22.0 Å². The van der Waals surface area contributed by atoms with Crippen molar-refractivity contribution in [3.8, 4) is 11.1 Å². The molecule has 1 unspecified atom stereocenters. The molecule has 3 N–H and O–H groups in total. The van der Waals surface area contributed by atoms with Crippen LogP contribution >= 0.6 is 0 Å². The van der Waals surface area contributed by atoms with Crippen LogP contribution in [-0.4, -0.2) is 58.1 Å². The summed E-state index contributed by atoms with van der Waals surface area (Å²) in [6, 6.07) is 19.4. The number of anilines is 3. The average Bonchev–Trinajstić information content (AvgIpc) is 3.62. The van der Waals surface area contributed by atoms with Crippen LogP contribution < -0.4 is 10.6 Å². The van der Waals surface area contributed by atoms with E-state index in [1.807, 2.05) is 18.2 Å². The highest BCUT2D eigenvalue weighted by Gasteiger charge is 2.32. The number of H-pyrrole nitrogens is 1. The third-order valence-corrected chi connectivity index (χ3v) is 8.77. The molecule has 0 bridgehead atoms. The molecule has 42 heavy (non-hydrogen) atoms. The molecule has 0 radical (unpaired) electrons. The number of benzene rings is 3. The normalized spacial score (nSPS) is 15.6. The van der Waals surface area contributed by atoms with Crippen molar-refractivity contribution in [2.45, 2.75) is 23.9 Å². The summed E-state index contributed by atoms with van der Waals surface area (Å²) in [5, 5.41) is 13.5. The fourth-order valence-electron chi connectivity index (χ4n) is 4.79. The number of fused-ring (bicyclic) bond motifs is 1. The summed E-state index contributed by atoms with van der Waals surface area (Å²) in [5.41, 5.74) is 3.18. The molecule has 3 aromatic carbocycles. The van der Waals surface area contributed by atoms with Gasteiger partial charge in [0.2, 0.25) is 15.9 Å². The van der Waals surface area contributed by atoms with Gasteiger partial charge in [-0.3, -0.25) is 9.89 Å². The first-order valence-electron chi connectivity index (χ1n) is 13.1. The number of carbonyl (C=O) groups is 1. The Balaban J connectivity index is 1.15. The lowest BCUT2D eigenvalue weighted by Crippen LogP contribution is -2.29. The van der Waals surface area contributed by atoms with E-state index in [-0.39, 0.29) is 36.7 Å². The Morgan fingerprint density at radius 2 is 1.83 bits per heavy atom. The highest BCUT2D eigenvalue weighted by Crippen LogP contribution is 2.29. The quantitative estimate of drug-likeness (QED) is 0.236. The van der Waals surface area contributed by atoms with Crippen molar-refractivity contribution in [2.24, 2.45) is 0 Å². The molecule has 6 rings (SSSR count). The zero-order valence-corrected chi connectivity index (χ0v) is 22.9. The van der Waals surface area contributed by atoms with Crippen molar-refractivity contribution in [1.82, 2.24) is 24.5 Å². The second kappa shape index (κ2) is 11.3. The first-order chi connectivity index (χ1) is 20.2. The molecule has 10 nitrogen and oxygen atoms in total. The summed E-state index contributed by atoms with van der Waals surface area (Å²) in [5.74, 6) is 0.184. The monoisotopic (exact) mass is 589 g/mol. The van der Waals surface area contributed by atoms with Gasteiger partial charge >= 0.3 is 0 Å². The maximum atomic E-state index is 13.6. The topological polar surface area (TPSA) is 133 Å². The van der Waals surface area contributed by atoms with Crippen LogP contribution in [0, 0.1) is 5.82 Å². The minimum Gasteiger partial charge on any atom is -0.326 e. The Morgan fingerprint density at radius 1 is 1.02 bits per heavy atom. The molecular formula is C29H25F2N7O3S. The standard InChI is InChI=1S/C29H25F2N7O3S/c30-20-2-1-3-22(13-20)34-28(39)15-23-14-27(37-36-23)35-29-25-9-6-19(12-26(25)32-17-33-29)18-4-7-24(8-5-18)42(40,41)38-11-10-21(31)16-38/h1-9,12-14,17,21H,10-11,15-16H2,(H,34,39)(H2,32,33,35,36,37). The fraction of sp³-hybridized carbons (Fsp3) is 0.172. The molecular weight excluding hydrogens is 564 g/mol. The van der Waals surface area contributed by atoms with E-state index in [1.54, 1.807) is 24.3 Å². The molecule has 3 heterocycles. The molecule has 0 saturated carbocycles. The number of carbonyl (C=O) groups excluding carboxylic acids is 1. The molecule has 5 aromatic rings. The number of rotatable bonds is 8. The number of aromatic amines is 1. The summed E-state index contributed by atoms with van der Waals surface area (Å²) in [4.78, 5) is 21.2.